The zero-order valence-corrected chi connectivity index (χ0v) is 9.12. The fourth-order valence-corrected chi connectivity index (χ4v) is 1.75. The Morgan fingerprint density at radius 3 is 2.85 bits per heavy atom. The first kappa shape index (κ1) is 10.5. The van der Waals surface area contributed by atoms with Gasteiger partial charge in [0.2, 0.25) is 0 Å². The van der Waals surface area contributed by atoms with Crippen molar-refractivity contribution in [2.45, 2.75) is 45.4 Å². The van der Waals surface area contributed by atoms with Gasteiger partial charge in [-0.2, -0.15) is 0 Å². The molecule has 1 rings (SSSR count). The van der Waals surface area contributed by atoms with Crippen LogP contribution in [0.1, 0.15) is 51.0 Å². The van der Waals surface area contributed by atoms with E-state index < -0.39 is 0 Å². The predicted octanol–water partition coefficient (Wildman–Crippen LogP) is 4.02. The third-order valence-corrected chi connectivity index (χ3v) is 2.69. The molecule has 0 amide bonds. The molecule has 3 heteroatoms. The second-order valence-corrected chi connectivity index (χ2v) is 3.93. The lowest BCUT2D eigenvalue weighted by atomic mass is 9.98. The highest BCUT2D eigenvalue weighted by Crippen LogP contribution is 2.22. The van der Waals surface area contributed by atoms with E-state index in [-0.39, 0.29) is 0 Å². The smallest absolute Gasteiger partial charge is 0.141 e. The summed E-state index contributed by atoms with van der Waals surface area (Å²) in [5.74, 6) is 0.522. The largest absolute Gasteiger partial charge is 0.389 e. The Labute approximate surface area is 84.3 Å². The quantitative estimate of drug-likeness (QED) is 0.573. The van der Waals surface area contributed by atoms with E-state index in [0.717, 1.165) is 10.2 Å². The monoisotopic (exact) mass is 199 g/mol. The summed E-state index contributed by atoms with van der Waals surface area (Å²) in [6.07, 6.45) is 6.78. The third kappa shape index (κ3) is 2.99. The first-order valence-corrected chi connectivity index (χ1v) is 5.32. The van der Waals surface area contributed by atoms with Gasteiger partial charge in [-0.05, 0) is 12.3 Å². The van der Waals surface area contributed by atoms with E-state index in [9.17, 15) is 0 Å². The predicted molar refractivity (Wildman–Crippen MR) is 56.4 cm³/mol. The third-order valence-electron chi connectivity index (χ3n) is 2.37. The summed E-state index contributed by atoms with van der Waals surface area (Å²) in [4.78, 5) is 0. The van der Waals surface area contributed by atoms with Crippen LogP contribution < -0.4 is 0 Å². The van der Waals surface area contributed by atoms with Crippen molar-refractivity contribution in [3.05, 3.63) is 16.5 Å². The molecule has 0 aliphatic carbocycles. The molecule has 1 heterocycles. The number of unbranched alkanes of at least 4 members (excludes halogenated alkanes) is 2. The van der Waals surface area contributed by atoms with Crippen LogP contribution in [0.3, 0.4) is 0 Å². The number of aromatic amines is 1. The molecule has 2 nitrogen and oxygen atoms in total. The van der Waals surface area contributed by atoms with Crippen molar-refractivity contribution < 1.29 is 4.52 Å². The zero-order valence-electron chi connectivity index (χ0n) is 8.30. The van der Waals surface area contributed by atoms with Crippen molar-refractivity contribution in [3.63, 3.8) is 0 Å². The molecule has 74 valence electrons. The maximum atomic E-state index is 5.09. The Morgan fingerprint density at radius 1 is 1.54 bits per heavy atom. The van der Waals surface area contributed by atoms with Crippen LogP contribution in [0, 0.1) is 4.64 Å². The summed E-state index contributed by atoms with van der Waals surface area (Å²) in [5.41, 5.74) is 1.14. The summed E-state index contributed by atoms with van der Waals surface area (Å²) < 4.78 is 5.70. The second kappa shape index (κ2) is 5.22. The molecule has 0 aliphatic heterocycles. The van der Waals surface area contributed by atoms with Crippen LogP contribution in [0.25, 0.3) is 0 Å². The van der Waals surface area contributed by atoms with E-state index in [1.165, 1.54) is 25.7 Å². The van der Waals surface area contributed by atoms with E-state index in [0.29, 0.717) is 5.92 Å². The van der Waals surface area contributed by atoms with Gasteiger partial charge in [-0.25, -0.2) is 5.16 Å². The van der Waals surface area contributed by atoms with Crippen molar-refractivity contribution >= 4 is 12.2 Å². The molecule has 0 aromatic carbocycles. The molecule has 0 aliphatic rings. The van der Waals surface area contributed by atoms with Gasteiger partial charge in [-0.3, -0.25) is 0 Å². The molecule has 13 heavy (non-hydrogen) atoms. The normalized spacial score (nSPS) is 13.1. The Hall–Kier alpha value is -0.570. The lowest BCUT2D eigenvalue weighted by Crippen LogP contribution is -1.92. The summed E-state index contributed by atoms with van der Waals surface area (Å²) in [6, 6.07) is 0. The van der Waals surface area contributed by atoms with Gasteiger partial charge in [0.15, 0.2) is 0 Å². The van der Waals surface area contributed by atoms with Gasteiger partial charge in [0, 0.05) is 5.56 Å². The summed E-state index contributed by atoms with van der Waals surface area (Å²) in [5, 5.41) is 2.68. The molecule has 0 bridgehead atoms. The minimum atomic E-state index is 0.522. The molecule has 0 saturated heterocycles. The van der Waals surface area contributed by atoms with E-state index in [2.05, 4.69) is 19.0 Å². The van der Waals surface area contributed by atoms with Gasteiger partial charge in [0.1, 0.15) is 10.9 Å². The van der Waals surface area contributed by atoms with Gasteiger partial charge >= 0.3 is 0 Å². The van der Waals surface area contributed by atoms with Crippen LogP contribution in [-0.4, -0.2) is 5.16 Å². The summed E-state index contributed by atoms with van der Waals surface area (Å²) in [7, 11) is 0. The molecular formula is C10H17NOS. The van der Waals surface area contributed by atoms with Gasteiger partial charge < -0.3 is 4.52 Å². The van der Waals surface area contributed by atoms with Gasteiger partial charge in [-0.1, -0.05) is 45.3 Å². The molecule has 1 unspecified atom stereocenters. The molecule has 1 atom stereocenters. The zero-order chi connectivity index (χ0) is 9.68. The number of nitrogens with one attached hydrogen (secondary N) is 1. The van der Waals surface area contributed by atoms with Gasteiger partial charge in [-0.15, -0.1) is 0 Å². The molecule has 0 saturated carbocycles. The summed E-state index contributed by atoms with van der Waals surface area (Å²) >= 11 is 5.09. The van der Waals surface area contributed by atoms with Crippen molar-refractivity contribution in [3.8, 4) is 0 Å². The maximum absolute atomic E-state index is 5.09. The highest BCUT2D eigenvalue weighted by molar-refractivity contribution is 7.71. The fraction of sp³-hybridized carbons (Fsp3) is 0.700. The number of hydrogen-bond acceptors (Lipinski definition) is 2. The fourth-order valence-electron chi connectivity index (χ4n) is 1.45. The average molecular weight is 199 g/mol. The average Bonchev–Trinajstić information content (AvgIpc) is 2.52. The number of hydrogen-bond donors (Lipinski definition) is 1. The molecular weight excluding hydrogens is 182 g/mol. The van der Waals surface area contributed by atoms with E-state index in [1.807, 2.05) is 0 Å². The van der Waals surface area contributed by atoms with Crippen LogP contribution in [-0.2, 0) is 0 Å². The molecule has 0 radical (unpaired) electrons. The van der Waals surface area contributed by atoms with Crippen molar-refractivity contribution in [1.29, 1.82) is 0 Å². The lowest BCUT2D eigenvalue weighted by molar-refractivity contribution is 0.415. The van der Waals surface area contributed by atoms with Crippen LogP contribution in [0.15, 0.2) is 10.8 Å². The standard InChI is InChI=1S/C10H17NOS/c1-3-4-5-6-8(2)9-7-12-11-10(9)13/h7-8H,3-6H2,1-2H3,(H,11,13). The van der Waals surface area contributed by atoms with Crippen LogP contribution in [0.4, 0.5) is 0 Å². The SMILES string of the molecule is CCCCCC(C)c1co[nH]c1=S. The Bertz CT molecular complexity index is 289. The highest BCUT2D eigenvalue weighted by atomic mass is 32.1. The second-order valence-electron chi connectivity index (χ2n) is 3.52. The molecule has 0 fully saturated rings. The van der Waals surface area contributed by atoms with Crippen molar-refractivity contribution in [1.82, 2.24) is 5.16 Å². The van der Waals surface area contributed by atoms with Crippen molar-refractivity contribution in [2.24, 2.45) is 0 Å². The van der Waals surface area contributed by atoms with Gasteiger partial charge in [0.25, 0.3) is 0 Å². The molecule has 0 spiro atoms. The number of rotatable bonds is 5. The van der Waals surface area contributed by atoms with Crippen LogP contribution in [0.2, 0.25) is 0 Å². The van der Waals surface area contributed by atoms with Crippen LogP contribution in [0.5, 0.6) is 0 Å². The minimum absolute atomic E-state index is 0.522. The highest BCUT2D eigenvalue weighted by Gasteiger charge is 2.08. The summed E-state index contributed by atoms with van der Waals surface area (Å²) in [6.45, 7) is 4.42. The Kier molecular flexibility index (Phi) is 4.22. The first-order chi connectivity index (χ1) is 6.25. The molecule has 1 N–H and O–H groups in total. The Balaban J connectivity index is 2.44. The van der Waals surface area contributed by atoms with Gasteiger partial charge in [0.05, 0.1) is 0 Å². The van der Waals surface area contributed by atoms with Crippen molar-refractivity contribution in [2.75, 3.05) is 0 Å². The topological polar surface area (TPSA) is 28.9 Å². The van der Waals surface area contributed by atoms with E-state index in [4.69, 9.17) is 16.7 Å². The van der Waals surface area contributed by atoms with E-state index >= 15 is 0 Å². The molecule has 1 aromatic heterocycles. The maximum Gasteiger partial charge on any atom is 0.141 e. The lowest BCUT2D eigenvalue weighted by Gasteiger charge is -2.06. The van der Waals surface area contributed by atoms with Crippen LogP contribution >= 0.6 is 12.2 Å². The number of H-pyrrole nitrogens is 1. The first-order valence-electron chi connectivity index (χ1n) is 4.91. The number of aromatic nitrogens is 1. The minimum Gasteiger partial charge on any atom is -0.389 e. The van der Waals surface area contributed by atoms with E-state index in [1.54, 1.807) is 6.26 Å². The molecule has 1 aromatic rings. The Morgan fingerprint density at radius 2 is 2.31 bits per heavy atom.